The Morgan fingerprint density at radius 2 is 2.08 bits per heavy atom. The van der Waals surface area contributed by atoms with Gasteiger partial charge >= 0.3 is 0 Å². The van der Waals surface area contributed by atoms with Gasteiger partial charge in [0.25, 0.3) is 0 Å². The van der Waals surface area contributed by atoms with Crippen LogP contribution in [0.25, 0.3) is 0 Å². The first-order valence-corrected chi connectivity index (χ1v) is 4.84. The molecule has 0 amide bonds. The molecule has 68 valence electrons. The van der Waals surface area contributed by atoms with Crippen LogP contribution in [0.4, 0.5) is 0 Å². The molecule has 0 radical (unpaired) electrons. The molecule has 0 aromatic rings. The lowest BCUT2D eigenvalue weighted by molar-refractivity contribution is -0.756. The van der Waals surface area contributed by atoms with Gasteiger partial charge in [-0.2, -0.15) is 0 Å². The number of unbranched alkanes of at least 4 members (excludes halogenated alkanes) is 3. The van der Waals surface area contributed by atoms with Crippen molar-refractivity contribution in [3.8, 4) is 0 Å². The summed E-state index contributed by atoms with van der Waals surface area (Å²) >= 11 is 0. The molecule has 2 nitrogen and oxygen atoms in total. The van der Waals surface area contributed by atoms with Crippen molar-refractivity contribution in [1.82, 2.24) is 0 Å². The molecule has 0 aliphatic carbocycles. The maximum atomic E-state index is 4.10. The predicted octanol–water partition coefficient (Wildman–Crippen LogP) is 2.53. The average Bonchev–Trinajstić information content (AvgIpc) is 2.47. The first-order chi connectivity index (χ1) is 5.77. The SMILES string of the molecule is CCCCCC[N+]1(C)C=CN=C1. The van der Waals surface area contributed by atoms with Crippen LogP contribution in [0.5, 0.6) is 0 Å². The molecule has 1 rings (SSSR count). The second-order valence-electron chi connectivity index (χ2n) is 3.69. The maximum absolute atomic E-state index is 4.10. The van der Waals surface area contributed by atoms with Gasteiger partial charge in [-0.05, 0) is 12.8 Å². The molecular formula is C10H19N2+. The minimum absolute atomic E-state index is 0.893. The standard InChI is InChI=1S/C10H19N2/c1-3-4-5-6-8-12(2)9-7-11-10-12/h7,9-10H,3-6,8H2,1-2H3/q+1. The van der Waals surface area contributed by atoms with E-state index < -0.39 is 0 Å². The van der Waals surface area contributed by atoms with Crippen LogP contribution in [-0.2, 0) is 0 Å². The highest BCUT2D eigenvalue weighted by atomic mass is 15.3. The summed E-state index contributed by atoms with van der Waals surface area (Å²) in [7, 11) is 2.19. The Hall–Kier alpha value is -0.630. The van der Waals surface area contributed by atoms with Crippen LogP contribution in [0.2, 0.25) is 0 Å². The fourth-order valence-corrected chi connectivity index (χ4v) is 1.43. The van der Waals surface area contributed by atoms with Crippen molar-refractivity contribution >= 4 is 6.34 Å². The summed E-state index contributed by atoms with van der Waals surface area (Å²) in [5.74, 6) is 0. The van der Waals surface area contributed by atoms with Crippen LogP contribution in [0, 0.1) is 0 Å². The molecule has 0 aromatic carbocycles. The number of hydrogen-bond donors (Lipinski definition) is 0. The van der Waals surface area contributed by atoms with E-state index in [0.29, 0.717) is 0 Å². The topological polar surface area (TPSA) is 12.4 Å². The van der Waals surface area contributed by atoms with Crippen LogP contribution < -0.4 is 0 Å². The molecule has 12 heavy (non-hydrogen) atoms. The van der Waals surface area contributed by atoms with Crippen LogP contribution >= 0.6 is 0 Å². The van der Waals surface area contributed by atoms with E-state index in [0.717, 1.165) is 4.48 Å². The van der Waals surface area contributed by atoms with E-state index in [1.165, 1.54) is 32.2 Å². The Kier molecular flexibility index (Phi) is 3.48. The Bertz CT molecular complexity index is 170. The molecule has 1 aliphatic heterocycles. The minimum atomic E-state index is 0.893. The predicted molar refractivity (Wildman–Crippen MR) is 52.8 cm³/mol. The quantitative estimate of drug-likeness (QED) is 0.441. The number of quaternary nitrogens is 1. The molecule has 0 spiro atoms. The van der Waals surface area contributed by atoms with Gasteiger partial charge in [-0.15, -0.1) is 0 Å². The van der Waals surface area contributed by atoms with Gasteiger partial charge in [-0.3, -0.25) is 4.48 Å². The molecule has 1 aliphatic rings. The number of aliphatic imine (C=N–C) groups is 1. The molecule has 0 saturated carbocycles. The third-order valence-electron chi connectivity index (χ3n) is 2.32. The summed E-state index contributed by atoms with van der Waals surface area (Å²) in [4.78, 5) is 4.10. The van der Waals surface area contributed by atoms with E-state index in [4.69, 9.17) is 0 Å². The fraction of sp³-hybridized carbons (Fsp3) is 0.700. The van der Waals surface area contributed by atoms with Gasteiger partial charge in [0.15, 0.2) is 6.34 Å². The van der Waals surface area contributed by atoms with Crippen molar-refractivity contribution in [3.63, 3.8) is 0 Å². The smallest absolute Gasteiger partial charge is 0.194 e. The van der Waals surface area contributed by atoms with E-state index in [1.54, 1.807) is 0 Å². The van der Waals surface area contributed by atoms with Crippen LogP contribution in [0.3, 0.4) is 0 Å². The van der Waals surface area contributed by atoms with Gasteiger partial charge in [0.05, 0.1) is 19.8 Å². The summed E-state index contributed by atoms with van der Waals surface area (Å²) < 4.78 is 0.893. The molecular weight excluding hydrogens is 148 g/mol. The van der Waals surface area contributed by atoms with E-state index >= 15 is 0 Å². The molecule has 0 saturated heterocycles. The number of nitrogens with zero attached hydrogens (tertiary/aromatic N) is 2. The minimum Gasteiger partial charge on any atom is -0.256 e. The van der Waals surface area contributed by atoms with Crippen molar-refractivity contribution in [2.24, 2.45) is 4.99 Å². The zero-order valence-electron chi connectivity index (χ0n) is 8.16. The largest absolute Gasteiger partial charge is 0.256 e. The fourth-order valence-electron chi connectivity index (χ4n) is 1.43. The second kappa shape index (κ2) is 4.41. The van der Waals surface area contributed by atoms with E-state index in [1.807, 2.05) is 12.5 Å². The Morgan fingerprint density at radius 1 is 1.25 bits per heavy atom. The lowest BCUT2D eigenvalue weighted by atomic mass is 10.2. The number of rotatable bonds is 5. The van der Waals surface area contributed by atoms with Gasteiger partial charge in [-0.1, -0.05) is 19.8 Å². The van der Waals surface area contributed by atoms with Crippen molar-refractivity contribution in [1.29, 1.82) is 0 Å². The third kappa shape index (κ3) is 2.78. The van der Waals surface area contributed by atoms with Crippen molar-refractivity contribution in [2.75, 3.05) is 13.6 Å². The van der Waals surface area contributed by atoms with Crippen LogP contribution in [-0.4, -0.2) is 24.4 Å². The Balaban J connectivity index is 2.14. The highest BCUT2D eigenvalue weighted by molar-refractivity contribution is 5.50. The third-order valence-corrected chi connectivity index (χ3v) is 2.32. The first kappa shape index (κ1) is 9.46. The Morgan fingerprint density at radius 3 is 2.67 bits per heavy atom. The van der Waals surface area contributed by atoms with Gasteiger partial charge < -0.3 is 0 Å². The highest BCUT2D eigenvalue weighted by Crippen LogP contribution is 2.10. The lowest BCUT2D eigenvalue weighted by Gasteiger charge is -2.21. The molecule has 0 fully saturated rings. The van der Waals surface area contributed by atoms with Gasteiger partial charge in [0.1, 0.15) is 6.20 Å². The molecule has 0 aromatic heterocycles. The zero-order chi connectivity index (χ0) is 8.86. The van der Waals surface area contributed by atoms with Crippen LogP contribution in [0.1, 0.15) is 32.6 Å². The monoisotopic (exact) mass is 167 g/mol. The molecule has 1 unspecified atom stereocenters. The summed E-state index contributed by atoms with van der Waals surface area (Å²) in [6.45, 7) is 3.44. The second-order valence-corrected chi connectivity index (χ2v) is 3.69. The summed E-state index contributed by atoms with van der Waals surface area (Å²) in [5, 5.41) is 0. The lowest BCUT2D eigenvalue weighted by Crippen LogP contribution is -2.35. The highest BCUT2D eigenvalue weighted by Gasteiger charge is 2.17. The van der Waals surface area contributed by atoms with Gasteiger partial charge in [-0.25, -0.2) is 4.99 Å². The van der Waals surface area contributed by atoms with E-state index in [9.17, 15) is 0 Å². The summed E-state index contributed by atoms with van der Waals surface area (Å²) in [5.41, 5.74) is 0. The Labute approximate surface area is 75.2 Å². The van der Waals surface area contributed by atoms with Crippen molar-refractivity contribution in [2.45, 2.75) is 32.6 Å². The first-order valence-electron chi connectivity index (χ1n) is 4.84. The van der Waals surface area contributed by atoms with E-state index in [2.05, 4.69) is 25.2 Å². The molecule has 2 heteroatoms. The van der Waals surface area contributed by atoms with Crippen LogP contribution in [0.15, 0.2) is 17.4 Å². The van der Waals surface area contributed by atoms with Gasteiger partial charge in [0.2, 0.25) is 0 Å². The molecule has 0 N–H and O–H groups in total. The van der Waals surface area contributed by atoms with Crippen molar-refractivity contribution in [3.05, 3.63) is 12.4 Å². The normalized spacial score (nSPS) is 26.8. The molecule has 0 bridgehead atoms. The summed E-state index contributed by atoms with van der Waals surface area (Å²) in [6.07, 6.45) is 11.4. The van der Waals surface area contributed by atoms with E-state index in [-0.39, 0.29) is 0 Å². The van der Waals surface area contributed by atoms with Gasteiger partial charge in [0, 0.05) is 0 Å². The molecule has 1 heterocycles. The maximum Gasteiger partial charge on any atom is 0.194 e. The van der Waals surface area contributed by atoms with Crippen molar-refractivity contribution < 1.29 is 4.48 Å². The summed E-state index contributed by atoms with van der Waals surface area (Å²) in [6, 6.07) is 0. The number of hydrogen-bond acceptors (Lipinski definition) is 1. The average molecular weight is 167 g/mol. The zero-order valence-corrected chi connectivity index (χ0v) is 8.16. The molecule has 1 atom stereocenters.